The zero-order valence-corrected chi connectivity index (χ0v) is 29.5. The van der Waals surface area contributed by atoms with Crippen LogP contribution in [-0.4, -0.2) is 95.9 Å². The highest BCUT2D eigenvalue weighted by Gasteiger charge is 2.31. The molecule has 0 aliphatic carbocycles. The number of imide groups is 1. The van der Waals surface area contributed by atoms with Crippen LogP contribution in [-0.2, 0) is 14.4 Å². The van der Waals surface area contributed by atoms with Crippen molar-refractivity contribution in [3.05, 3.63) is 89.5 Å². The topological polar surface area (TPSA) is 204 Å². The zero-order valence-electron chi connectivity index (χ0n) is 29.5. The lowest BCUT2D eigenvalue weighted by atomic mass is 10.0. The van der Waals surface area contributed by atoms with Crippen LogP contribution in [0.4, 0.5) is 0 Å². The van der Waals surface area contributed by atoms with Crippen LogP contribution in [0.2, 0.25) is 0 Å². The number of methoxy groups -OCH3 is 2. The van der Waals surface area contributed by atoms with E-state index in [1.807, 2.05) is 0 Å². The van der Waals surface area contributed by atoms with Crippen molar-refractivity contribution in [3.8, 4) is 34.5 Å². The normalized spacial score (nSPS) is 12.1. The molecule has 0 aromatic heterocycles. The third kappa shape index (κ3) is 12.9. The minimum absolute atomic E-state index is 0.0737. The number of amides is 2. The second kappa shape index (κ2) is 21.6. The van der Waals surface area contributed by atoms with Crippen LogP contribution in [0, 0.1) is 0 Å². The lowest BCUT2D eigenvalue weighted by molar-refractivity contribution is -0.145. The number of benzene rings is 3. The van der Waals surface area contributed by atoms with Gasteiger partial charge in [-0.2, -0.15) is 0 Å². The van der Waals surface area contributed by atoms with E-state index in [4.69, 9.17) is 15.2 Å². The molecule has 278 valence electrons. The number of aromatic hydroxyl groups is 4. The van der Waals surface area contributed by atoms with E-state index in [-0.39, 0.29) is 35.2 Å². The van der Waals surface area contributed by atoms with Gasteiger partial charge in [-0.15, -0.1) is 0 Å². The lowest BCUT2D eigenvalue weighted by Crippen LogP contribution is -2.48. The minimum Gasteiger partial charge on any atom is -0.504 e. The monoisotopic (exact) mass is 716 g/mol. The molecule has 1 unspecified atom stereocenters. The molecular weight excluding hydrogens is 668 g/mol. The van der Waals surface area contributed by atoms with Gasteiger partial charge in [0.1, 0.15) is 6.04 Å². The van der Waals surface area contributed by atoms with E-state index in [0.29, 0.717) is 36.3 Å². The molecule has 1 atom stereocenters. The number of nitrogens with one attached hydrogen (secondary N) is 2. The molecule has 0 radical (unpaired) electrons. The van der Waals surface area contributed by atoms with Gasteiger partial charge < -0.3 is 46.3 Å². The molecule has 13 nitrogen and oxygen atoms in total. The summed E-state index contributed by atoms with van der Waals surface area (Å²) in [5, 5.41) is 46.2. The minimum atomic E-state index is -1.24. The summed E-state index contributed by atoms with van der Waals surface area (Å²) in [5.41, 5.74) is 6.93. The van der Waals surface area contributed by atoms with Crippen LogP contribution in [0.15, 0.2) is 72.8 Å². The van der Waals surface area contributed by atoms with Crippen LogP contribution >= 0.6 is 0 Å². The SMILES string of the molecule is COc1cc(/C=C/C(=O)C(CCNCCCCNCCCN)N(C(=O)/C=C/c2ccc(O)c(O)c2)C(=O)/C=C/c2ccc(O)c(OC)c2)ccc1O. The van der Waals surface area contributed by atoms with Gasteiger partial charge in [0.15, 0.2) is 40.3 Å². The van der Waals surface area contributed by atoms with Crippen LogP contribution in [0.3, 0.4) is 0 Å². The number of unbranched alkanes of at least 4 members (excludes halogenated alkanes) is 1. The summed E-state index contributed by atoms with van der Waals surface area (Å²) in [7, 11) is 2.79. The first-order valence-corrected chi connectivity index (χ1v) is 16.9. The molecule has 13 heteroatoms. The fourth-order valence-corrected chi connectivity index (χ4v) is 5.06. The average Bonchev–Trinajstić information content (AvgIpc) is 3.14. The van der Waals surface area contributed by atoms with Gasteiger partial charge in [0, 0.05) is 12.2 Å². The Labute approximate surface area is 303 Å². The van der Waals surface area contributed by atoms with E-state index in [1.54, 1.807) is 18.2 Å². The first-order valence-electron chi connectivity index (χ1n) is 16.9. The van der Waals surface area contributed by atoms with E-state index in [1.165, 1.54) is 74.9 Å². The first kappa shape index (κ1) is 40.8. The third-order valence-corrected chi connectivity index (χ3v) is 7.91. The number of carbonyl (C=O) groups is 3. The maximum Gasteiger partial charge on any atom is 0.254 e. The molecule has 0 saturated carbocycles. The van der Waals surface area contributed by atoms with Gasteiger partial charge in [0.25, 0.3) is 11.8 Å². The van der Waals surface area contributed by atoms with Crippen LogP contribution in [0.5, 0.6) is 34.5 Å². The van der Waals surface area contributed by atoms with E-state index in [9.17, 15) is 34.8 Å². The van der Waals surface area contributed by atoms with E-state index in [0.717, 1.165) is 49.4 Å². The van der Waals surface area contributed by atoms with Crippen molar-refractivity contribution in [2.45, 2.75) is 31.7 Å². The maximum atomic E-state index is 13.9. The summed E-state index contributed by atoms with van der Waals surface area (Å²) < 4.78 is 10.3. The average molecular weight is 717 g/mol. The summed E-state index contributed by atoms with van der Waals surface area (Å²) in [6.45, 7) is 3.29. The van der Waals surface area contributed by atoms with Gasteiger partial charge in [-0.1, -0.05) is 24.3 Å². The molecule has 3 aromatic carbocycles. The second-order valence-electron chi connectivity index (χ2n) is 11.7. The number of hydrogen-bond acceptors (Lipinski definition) is 12. The number of ketones is 1. The number of carbonyl (C=O) groups excluding carboxylic acids is 3. The van der Waals surface area contributed by atoms with Crippen LogP contribution < -0.4 is 25.8 Å². The Morgan fingerprint density at radius 1 is 0.654 bits per heavy atom. The summed E-state index contributed by atoms with van der Waals surface area (Å²) in [4.78, 5) is 42.5. The Hall–Kier alpha value is -5.63. The van der Waals surface area contributed by atoms with Gasteiger partial charge >= 0.3 is 0 Å². The number of nitrogens with zero attached hydrogens (tertiary/aromatic N) is 1. The maximum absolute atomic E-state index is 13.9. The number of nitrogens with two attached hydrogens (primary N) is 1. The molecular formula is C39H48N4O9. The predicted octanol–water partition coefficient (Wildman–Crippen LogP) is 3.96. The highest BCUT2D eigenvalue weighted by molar-refractivity contribution is 6.12. The summed E-state index contributed by atoms with van der Waals surface area (Å²) in [6, 6.07) is 11.8. The predicted molar refractivity (Wildman–Crippen MR) is 200 cm³/mol. The molecule has 0 saturated heterocycles. The summed E-state index contributed by atoms with van der Waals surface area (Å²) in [6.07, 6.45) is 10.6. The highest BCUT2D eigenvalue weighted by atomic mass is 16.5. The van der Waals surface area contributed by atoms with Gasteiger partial charge in [0.05, 0.1) is 14.2 Å². The Morgan fingerprint density at radius 2 is 1.12 bits per heavy atom. The Morgan fingerprint density at radius 3 is 1.62 bits per heavy atom. The van der Waals surface area contributed by atoms with Crippen molar-refractivity contribution in [1.29, 1.82) is 0 Å². The number of phenolic OH excluding ortho intramolecular Hbond substituents is 4. The summed E-state index contributed by atoms with van der Waals surface area (Å²) in [5.74, 6) is -2.62. The molecule has 3 aromatic rings. The Kier molecular flexibility index (Phi) is 16.9. The van der Waals surface area contributed by atoms with Crippen molar-refractivity contribution in [1.82, 2.24) is 15.5 Å². The molecule has 3 rings (SSSR count). The van der Waals surface area contributed by atoms with E-state index < -0.39 is 29.4 Å². The van der Waals surface area contributed by atoms with Crippen molar-refractivity contribution >= 4 is 35.8 Å². The van der Waals surface area contributed by atoms with Crippen molar-refractivity contribution in [2.24, 2.45) is 5.73 Å². The molecule has 2 amide bonds. The van der Waals surface area contributed by atoms with Gasteiger partial charge in [0.2, 0.25) is 0 Å². The largest absolute Gasteiger partial charge is 0.504 e. The smallest absolute Gasteiger partial charge is 0.254 e. The van der Waals surface area contributed by atoms with Crippen molar-refractivity contribution < 1.29 is 44.3 Å². The highest BCUT2D eigenvalue weighted by Crippen LogP contribution is 2.28. The van der Waals surface area contributed by atoms with Crippen LogP contribution in [0.25, 0.3) is 18.2 Å². The van der Waals surface area contributed by atoms with E-state index in [2.05, 4.69) is 10.6 Å². The fourth-order valence-electron chi connectivity index (χ4n) is 5.06. The van der Waals surface area contributed by atoms with Crippen molar-refractivity contribution in [2.75, 3.05) is 46.9 Å². The Bertz CT molecular complexity index is 1740. The second-order valence-corrected chi connectivity index (χ2v) is 11.7. The molecule has 0 bridgehead atoms. The fraction of sp³-hybridized carbons (Fsp3) is 0.308. The molecule has 8 N–H and O–H groups in total. The number of rotatable bonds is 21. The van der Waals surface area contributed by atoms with E-state index >= 15 is 0 Å². The molecule has 0 spiro atoms. The quantitative estimate of drug-likeness (QED) is 0.0476. The van der Waals surface area contributed by atoms with Crippen molar-refractivity contribution in [3.63, 3.8) is 0 Å². The molecule has 52 heavy (non-hydrogen) atoms. The summed E-state index contributed by atoms with van der Waals surface area (Å²) >= 11 is 0. The Balaban J connectivity index is 1.93. The molecule has 0 heterocycles. The zero-order chi connectivity index (χ0) is 37.9. The molecule has 0 fully saturated rings. The van der Waals surface area contributed by atoms with Gasteiger partial charge in [-0.05, 0) is 130 Å². The van der Waals surface area contributed by atoms with Gasteiger partial charge in [-0.25, -0.2) is 0 Å². The molecule has 0 aliphatic rings. The van der Waals surface area contributed by atoms with Crippen LogP contribution in [0.1, 0.15) is 42.4 Å². The first-order chi connectivity index (χ1) is 25.1. The lowest BCUT2D eigenvalue weighted by Gasteiger charge is -2.27. The number of ether oxygens (including phenoxy) is 2. The third-order valence-electron chi connectivity index (χ3n) is 7.91. The molecule has 0 aliphatic heterocycles. The standard InChI is InChI=1S/C39H48N4O9/c1-51-36-25-28(8-14-33(36)46)6-12-31(44)30(18-23-42-21-4-3-20-41-22-5-19-40)43(38(49)16-10-27-7-13-32(45)35(48)24-27)39(50)17-11-29-9-15-34(47)37(26-29)52-2/h6-17,24-26,30,41-42,45-48H,3-5,18-23,40H2,1-2H3/b12-6+,16-10+,17-11+. The number of phenols is 4. The van der Waals surface area contributed by atoms with Gasteiger partial charge in [-0.3, -0.25) is 19.3 Å². The number of hydrogen-bond donors (Lipinski definition) is 7.